The van der Waals surface area contributed by atoms with Crippen molar-refractivity contribution in [1.82, 2.24) is 20.3 Å². The number of aromatic nitrogens is 3. The number of nitrogens with one attached hydrogen (secondary N) is 3. The first-order valence-corrected chi connectivity index (χ1v) is 11.0. The Morgan fingerprint density at radius 1 is 1.21 bits per heavy atom. The molecule has 0 aliphatic heterocycles. The van der Waals surface area contributed by atoms with E-state index in [-0.39, 0.29) is 24.3 Å². The average Bonchev–Trinajstić information content (AvgIpc) is 2.67. The van der Waals surface area contributed by atoms with Gasteiger partial charge in [0.05, 0.1) is 17.3 Å². The van der Waals surface area contributed by atoms with Gasteiger partial charge in [0.1, 0.15) is 9.84 Å². The van der Waals surface area contributed by atoms with Crippen molar-refractivity contribution in [2.24, 2.45) is 0 Å². The normalized spacial score (nSPS) is 12.3. The average molecular weight is 414 g/mol. The van der Waals surface area contributed by atoms with Gasteiger partial charge >= 0.3 is 6.03 Å². The Labute approximate surface area is 168 Å². The molecule has 0 aliphatic carbocycles. The van der Waals surface area contributed by atoms with Gasteiger partial charge in [-0.25, -0.2) is 23.2 Å². The molecule has 29 heavy (non-hydrogen) atoms. The largest absolute Gasteiger partial charge is 0.378 e. The number of carbonyl (C=O) groups excluding carboxylic acids is 1. The summed E-state index contributed by atoms with van der Waals surface area (Å²) in [5.41, 5.74) is 2.59. The van der Waals surface area contributed by atoms with Crippen molar-refractivity contribution in [3.05, 3.63) is 54.5 Å². The number of pyridine rings is 1. The van der Waals surface area contributed by atoms with Gasteiger partial charge < -0.3 is 10.6 Å². The van der Waals surface area contributed by atoms with Crippen molar-refractivity contribution in [2.75, 3.05) is 29.2 Å². The van der Waals surface area contributed by atoms with Crippen LogP contribution in [0.5, 0.6) is 0 Å². The minimum Gasteiger partial charge on any atom is -0.378 e. The van der Waals surface area contributed by atoms with E-state index in [0.717, 1.165) is 22.9 Å². The molecule has 2 amide bonds. The molecule has 3 N–H and O–H groups in total. The zero-order valence-corrected chi connectivity index (χ0v) is 16.9. The van der Waals surface area contributed by atoms with Crippen LogP contribution in [-0.2, 0) is 9.84 Å². The van der Waals surface area contributed by atoms with Crippen LogP contribution in [0, 0.1) is 0 Å². The molecule has 1 unspecified atom stereocenters. The summed E-state index contributed by atoms with van der Waals surface area (Å²) >= 11 is 0. The number of anilines is 2. The second-order valence-electron chi connectivity index (χ2n) is 6.63. The maximum Gasteiger partial charge on any atom is 0.321 e. The van der Waals surface area contributed by atoms with E-state index in [9.17, 15) is 13.2 Å². The lowest BCUT2D eigenvalue weighted by atomic mass is 10.1. The van der Waals surface area contributed by atoms with E-state index in [2.05, 4.69) is 30.9 Å². The maximum atomic E-state index is 11.9. The molecule has 152 valence electrons. The molecule has 1 atom stereocenters. The highest BCUT2D eigenvalue weighted by molar-refractivity contribution is 7.90. The standard InChI is InChI=1S/C19H22N6O3S/c1-13(14-4-3-7-20-11-14)23-16-6-5-15-12-22-18(24-17(15)10-16)25-19(26)21-8-9-29(2,27)28/h3-7,10-13,23H,8-9H2,1-2H3,(H2,21,22,24,25,26). The molecule has 1 aromatic carbocycles. The lowest BCUT2D eigenvalue weighted by Gasteiger charge is -2.15. The molecular weight excluding hydrogens is 392 g/mol. The molecule has 2 heterocycles. The maximum absolute atomic E-state index is 11.9. The van der Waals surface area contributed by atoms with Gasteiger partial charge in [-0.2, -0.15) is 0 Å². The molecule has 3 rings (SSSR count). The van der Waals surface area contributed by atoms with Crippen molar-refractivity contribution in [3.63, 3.8) is 0 Å². The molecule has 0 spiro atoms. The van der Waals surface area contributed by atoms with Gasteiger partial charge in [-0.15, -0.1) is 0 Å². The molecule has 9 nitrogen and oxygen atoms in total. The van der Waals surface area contributed by atoms with E-state index in [0.29, 0.717) is 5.52 Å². The van der Waals surface area contributed by atoms with Crippen molar-refractivity contribution in [2.45, 2.75) is 13.0 Å². The summed E-state index contributed by atoms with van der Waals surface area (Å²) in [5, 5.41) is 9.20. The molecule has 0 bridgehead atoms. The van der Waals surface area contributed by atoms with Crippen LogP contribution in [0.2, 0.25) is 0 Å². The van der Waals surface area contributed by atoms with Crippen molar-refractivity contribution in [1.29, 1.82) is 0 Å². The van der Waals surface area contributed by atoms with E-state index in [1.165, 1.54) is 0 Å². The molecule has 0 saturated heterocycles. The number of benzene rings is 1. The van der Waals surface area contributed by atoms with Gasteiger partial charge in [-0.1, -0.05) is 6.07 Å². The summed E-state index contributed by atoms with van der Waals surface area (Å²) in [7, 11) is -3.14. The highest BCUT2D eigenvalue weighted by atomic mass is 32.2. The summed E-state index contributed by atoms with van der Waals surface area (Å²) in [6.07, 6.45) is 6.27. The summed E-state index contributed by atoms with van der Waals surface area (Å²) in [4.78, 5) is 24.5. The predicted molar refractivity (Wildman–Crippen MR) is 113 cm³/mol. The lowest BCUT2D eigenvalue weighted by Crippen LogP contribution is -2.33. The van der Waals surface area contributed by atoms with Gasteiger partial charge in [0.25, 0.3) is 0 Å². The number of hydrogen-bond donors (Lipinski definition) is 3. The Bertz CT molecular complexity index is 1110. The molecule has 0 fully saturated rings. The fourth-order valence-electron chi connectivity index (χ4n) is 2.63. The number of nitrogens with zero attached hydrogens (tertiary/aromatic N) is 3. The first-order chi connectivity index (χ1) is 13.8. The Hall–Kier alpha value is -3.27. The summed E-state index contributed by atoms with van der Waals surface area (Å²) < 4.78 is 22.2. The number of sulfone groups is 1. The van der Waals surface area contributed by atoms with E-state index in [1.54, 1.807) is 12.4 Å². The quantitative estimate of drug-likeness (QED) is 0.542. The second kappa shape index (κ2) is 8.82. The molecule has 0 aliphatic rings. The van der Waals surface area contributed by atoms with Crippen LogP contribution >= 0.6 is 0 Å². The van der Waals surface area contributed by atoms with Gasteiger partial charge in [0.15, 0.2) is 0 Å². The molecular formula is C19H22N6O3S. The topological polar surface area (TPSA) is 126 Å². The fraction of sp³-hybridized carbons (Fsp3) is 0.263. The molecule has 2 aromatic heterocycles. The minimum absolute atomic E-state index is 0.0124. The monoisotopic (exact) mass is 414 g/mol. The van der Waals surface area contributed by atoms with Gasteiger partial charge in [0.2, 0.25) is 5.95 Å². The first-order valence-electron chi connectivity index (χ1n) is 8.96. The Balaban J connectivity index is 1.67. The summed E-state index contributed by atoms with van der Waals surface area (Å²) in [6, 6.07) is 9.08. The number of carbonyl (C=O) groups is 1. The van der Waals surface area contributed by atoms with E-state index >= 15 is 0 Å². The highest BCUT2D eigenvalue weighted by Gasteiger charge is 2.09. The molecule has 10 heteroatoms. The highest BCUT2D eigenvalue weighted by Crippen LogP contribution is 2.22. The van der Waals surface area contributed by atoms with Crippen LogP contribution in [0.25, 0.3) is 10.9 Å². The van der Waals surface area contributed by atoms with Crippen LogP contribution < -0.4 is 16.0 Å². The lowest BCUT2D eigenvalue weighted by molar-refractivity contribution is 0.252. The molecule has 0 radical (unpaired) electrons. The third-order valence-corrected chi connectivity index (χ3v) is 5.08. The SMILES string of the molecule is CC(Nc1ccc2cnc(NC(=O)NCCS(C)(=O)=O)nc2c1)c1cccnc1. The van der Waals surface area contributed by atoms with Gasteiger partial charge in [0, 0.05) is 42.5 Å². The fourth-order valence-corrected chi connectivity index (χ4v) is 3.11. The van der Waals surface area contributed by atoms with Crippen LogP contribution in [0.4, 0.5) is 16.4 Å². The van der Waals surface area contributed by atoms with Crippen LogP contribution in [0.1, 0.15) is 18.5 Å². The Morgan fingerprint density at radius 3 is 2.76 bits per heavy atom. The van der Waals surface area contributed by atoms with E-state index in [1.807, 2.05) is 43.5 Å². The van der Waals surface area contributed by atoms with Gasteiger partial charge in [-0.05, 0) is 36.8 Å². The third kappa shape index (κ3) is 6.11. The predicted octanol–water partition coefficient (Wildman–Crippen LogP) is 2.36. The van der Waals surface area contributed by atoms with Crippen LogP contribution in [-0.4, -0.2) is 48.0 Å². The number of amides is 2. The van der Waals surface area contributed by atoms with Crippen LogP contribution in [0.3, 0.4) is 0 Å². The Morgan fingerprint density at radius 2 is 2.03 bits per heavy atom. The smallest absolute Gasteiger partial charge is 0.321 e. The summed E-state index contributed by atoms with van der Waals surface area (Å²) in [5.74, 6) is -0.00446. The molecule has 0 saturated carbocycles. The van der Waals surface area contributed by atoms with E-state index < -0.39 is 15.9 Å². The number of fused-ring (bicyclic) bond motifs is 1. The number of urea groups is 1. The Kier molecular flexibility index (Phi) is 6.23. The summed E-state index contributed by atoms with van der Waals surface area (Å²) in [6.45, 7) is 2.05. The number of hydrogen-bond acceptors (Lipinski definition) is 7. The van der Waals surface area contributed by atoms with Crippen molar-refractivity contribution in [3.8, 4) is 0 Å². The second-order valence-corrected chi connectivity index (χ2v) is 8.89. The number of rotatable bonds is 7. The van der Waals surface area contributed by atoms with E-state index in [4.69, 9.17) is 0 Å². The minimum atomic E-state index is -3.14. The van der Waals surface area contributed by atoms with Crippen molar-refractivity contribution < 1.29 is 13.2 Å². The molecule has 3 aromatic rings. The van der Waals surface area contributed by atoms with Crippen LogP contribution in [0.15, 0.2) is 48.9 Å². The first kappa shape index (κ1) is 20.5. The van der Waals surface area contributed by atoms with Gasteiger partial charge in [-0.3, -0.25) is 10.3 Å². The zero-order valence-electron chi connectivity index (χ0n) is 16.1. The third-order valence-electron chi connectivity index (χ3n) is 4.13. The zero-order chi connectivity index (χ0) is 20.9. The van der Waals surface area contributed by atoms with Crippen molar-refractivity contribution >= 4 is 38.4 Å².